The monoisotopic (exact) mass is 561 g/mol. The number of hydrogen-bond donors (Lipinski definition) is 0. The van der Waals surface area contributed by atoms with Gasteiger partial charge < -0.3 is 14.5 Å². The molecule has 3 aromatic carbocycles. The summed E-state index contributed by atoms with van der Waals surface area (Å²) < 4.78 is 34.2. The maximum Gasteiger partial charge on any atom is 0.243 e. The zero-order valence-electron chi connectivity index (χ0n) is 23.8. The van der Waals surface area contributed by atoms with Crippen molar-refractivity contribution < 1.29 is 17.9 Å². The predicted molar refractivity (Wildman–Crippen MR) is 158 cm³/mol. The summed E-state index contributed by atoms with van der Waals surface area (Å²) in [6.07, 6.45) is 0.590. The standard InChI is InChI=1S/C32H39N3O4S/c1-23-12-13-25(3)31(20-23)33-16-18-34(19-17-33)32(36)30-22-35(15-14-29(30)28-11-6-5-8-24(28)2)40(37,38)27-10-7-9-26(21-27)39-4/h5-13,20-21,29-30H,14-19,22H2,1-4H3. The third-order valence-electron chi connectivity index (χ3n) is 8.46. The van der Waals surface area contributed by atoms with Crippen LogP contribution in [0.25, 0.3) is 0 Å². The van der Waals surface area contributed by atoms with E-state index < -0.39 is 15.9 Å². The van der Waals surface area contributed by atoms with Crippen LogP contribution in [0.3, 0.4) is 0 Å². The third-order valence-corrected chi connectivity index (χ3v) is 10.3. The van der Waals surface area contributed by atoms with E-state index in [0.717, 1.165) is 24.2 Å². The van der Waals surface area contributed by atoms with Crippen molar-refractivity contribution >= 4 is 21.6 Å². The lowest BCUT2D eigenvalue weighted by molar-refractivity contribution is -0.137. The van der Waals surface area contributed by atoms with Crippen LogP contribution >= 0.6 is 0 Å². The molecular weight excluding hydrogens is 522 g/mol. The number of rotatable bonds is 6. The first-order valence-electron chi connectivity index (χ1n) is 14.0. The zero-order valence-corrected chi connectivity index (χ0v) is 24.7. The highest BCUT2D eigenvalue weighted by molar-refractivity contribution is 7.89. The Labute approximate surface area is 238 Å². The highest BCUT2D eigenvalue weighted by atomic mass is 32.2. The number of hydrogen-bond acceptors (Lipinski definition) is 5. The lowest BCUT2D eigenvalue weighted by Crippen LogP contribution is -2.54. The van der Waals surface area contributed by atoms with Crippen molar-refractivity contribution in [1.82, 2.24) is 9.21 Å². The quantitative estimate of drug-likeness (QED) is 0.434. The minimum absolute atomic E-state index is 0.0393. The number of amides is 1. The molecule has 1 amide bonds. The Balaban J connectivity index is 1.39. The third kappa shape index (κ3) is 5.60. The molecular formula is C32H39N3O4S. The van der Waals surface area contributed by atoms with Crippen molar-refractivity contribution in [2.24, 2.45) is 5.92 Å². The summed E-state index contributed by atoms with van der Waals surface area (Å²) >= 11 is 0. The maximum atomic E-state index is 14.2. The highest BCUT2D eigenvalue weighted by Gasteiger charge is 2.42. The molecule has 0 bridgehead atoms. The first kappa shape index (κ1) is 28.2. The first-order chi connectivity index (χ1) is 19.2. The first-order valence-corrected chi connectivity index (χ1v) is 15.4. The fraction of sp³-hybridized carbons (Fsp3) is 0.406. The van der Waals surface area contributed by atoms with Crippen LogP contribution in [0, 0.1) is 26.7 Å². The van der Waals surface area contributed by atoms with E-state index >= 15 is 0 Å². The van der Waals surface area contributed by atoms with Crippen LogP contribution in [0.5, 0.6) is 5.75 Å². The van der Waals surface area contributed by atoms with Gasteiger partial charge in [0.05, 0.1) is 17.9 Å². The minimum atomic E-state index is -3.79. The Morgan fingerprint density at radius 1 is 0.850 bits per heavy atom. The van der Waals surface area contributed by atoms with Crippen LogP contribution in [0.15, 0.2) is 71.6 Å². The average Bonchev–Trinajstić information content (AvgIpc) is 2.98. The van der Waals surface area contributed by atoms with Crippen LogP contribution < -0.4 is 9.64 Å². The molecule has 0 aliphatic carbocycles. The van der Waals surface area contributed by atoms with Crippen LogP contribution in [0.1, 0.15) is 34.6 Å². The normalized spacial score (nSPS) is 20.4. The summed E-state index contributed by atoms with van der Waals surface area (Å²) in [5.41, 5.74) is 5.94. The molecule has 5 rings (SSSR count). The van der Waals surface area contributed by atoms with E-state index in [1.54, 1.807) is 24.3 Å². The van der Waals surface area contributed by atoms with Gasteiger partial charge in [-0.25, -0.2) is 8.42 Å². The van der Waals surface area contributed by atoms with Crippen molar-refractivity contribution in [3.63, 3.8) is 0 Å². The van der Waals surface area contributed by atoms with E-state index in [2.05, 4.69) is 56.0 Å². The highest BCUT2D eigenvalue weighted by Crippen LogP contribution is 2.38. The molecule has 2 unspecified atom stereocenters. The molecule has 2 aliphatic rings. The Morgan fingerprint density at radius 2 is 1.60 bits per heavy atom. The molecule has 2 aliphatic heterocycles. The number of sulfonamides is 1. The van der Waals surface area contributed by atoms with Crippen LogP contribution in [0.2, 0.25) is 0 Å². The van der Waals surface area contributed by atoms with Crippen molar-refractivity contribution in [3.8, 4) is 5.75 Å². The molecule has 2 heterocycles. The number of carbonyl (C=O) groups is 1. The summed E-state index contributed by atoms with van der Waals surface area (Å²) in [7, 11) is -2.26. The van der Waals surface area contributed by atoms with Crippen LogP contribution in [-0.2, 0) is 14.8 Å². The second-order valence-electron chi connectivity index (χ2n) is 11.0. The van der Waals surface area contributed by atoms with Gasteiger partial charge in [0.1, 0.15) is 5.75 Å². The molecule has 0 spiro atoms. The van der Waals surface area contributed by atoms with E-state index in [-0.39, 0.29) is 23.3 Å². The Bertz CT molecular complexity index is 1480. The second-order valence-corrected chi connectivity index (χ2v) is 12.9. The van der Waals surface area contributed by atoms with Gasteiger partial charge in [0.25, 0.3) is 0 Å². The average molecular weight is 562 g/mol. The molecule has 212 valence electrons. The van der Waals surface area contributed by atoms with Crippen molar-refractivity contribution in [3.05, 3.63) is 89.0 Å². The van der Waals surface area contributed by atoms with Gasteiger partial charge in [-0.05, 0) is 73.6 Å². The molecule has 40 heavy (non-hydrogen) atoms. The summed E-state index contributed by atoms with van der Waals surface area (Å²) in [6.45, 7) is 9.56. The molecule has 2 atom stereocenters. The molecule has 0 radical (unpaired) electrons. The van der Waals surface area contributed by atoms with Crippen LogP contribution in [-0.4, -0.2) is 69.9 Å². The number of nitrogens with zero attached hydrogens (tertiary/aromatic N) is 3. The largest absolute Gasteiger partial charge is 0.497 e. The van der Waals surface area contributed by atoms with Gasteiger partial charge in [0.2, 0.25) is 15.9 Å². The number of benzene rings is 3. The summed E-state index contributed by atoms with van der Waals surface area (Å²) in [6, 6.07) is 21.2. The van der Waals surface area contributed by atoms with Gasteiger partial charge in [-0.2, -0.15) is 4.31 Å². The lowest BCUT2D eigenvalue weighted by atomic mass is 9.78. The van der Waals surface area contributed by atoms with E-state index in [4.69, 9.17) is 4.74 Å². The van der Waals surface area contributed by atoms with Gasteiger partial charge in [-0.1, -0.05) is 42.5 Å². The minimum Gasteiger partial charge on any atom is -0.497 e. The molecule has 2 fully saturated rings. The van der Waals surface area contributed by atoms with Crippen molar-refractivity contribution in [1.29, 1.82) is 0 Å². The smallest absolute Gasteiger partial charge is 0.243 e. The zero-order chi connectivity index (χ0) is 28.4. The molecule has 0 N–H and O–H groups in total. The molecule has 8 heteroatoms. The SMILES string of the molecule is COc1cccc(S(=O)(=O)N2CCC(c3ccccc3C)C(C(=O)N3CCN(c4cc(C)ccc4C)CC3)C2)c1. The molecule has 3 aromatic rings. The van der Waals surface area contributed by atoms with Crippen molar-refractivity contribution in [2.75, 3.05) is 51.3 Å². The summed E-state index contributed by atoms with van der Waals surface area (Å²) in [5, 5.41) is 0. The van der Waals surface area contributed by atoms with Gasteiger partial charge >= 0.3 is 0 Å². The van der Waals surface area contributed by atoms with Crippen molar-refractivity contribution in [2.45, 2.75) is 38.0 Å². The maximum absolute atomic E-state index is 14.2. The summed E-state index contributed by atoms with van der Waals surface area (Å²) in [5.74, 6) is 0.0367. The van der Waals surface area contributed by atoms with Crippen LogP contribution in [0.4, 0.5) is 5.69 Å². The summed E-state index contributed by atoms with van der Waals surface area (Å²) in [4.78, 5) is 18.7. The number of piperazine rings is 1. The fourth-order valence-corrected chi connectivity index (χ4v) is 7.66. The topological polar surface area (TPSA) is 70.2 Å². The number of anilines is 1. The number of aryl methyl sites for hydroxylation is 3. The second kappa shape index (κ2) is 11.6. The van der Waals surface area contributed by atoms with Gasteiger partial charge in [-0.3, -0.25) is 4.79 Å². The number of ether oxygens (including phenoxy) is 1. The lowest BCUT2D eigenvalue weighted by Gasteiger charge is -2.42. The number of methoxy groups -OCH3 is 1. The number of piperidine rings is 1. The van der Waals surface area contributed by atoms with E-state index in [1.165, 1.54) is 28.2 Å². The van der Waals surface area contributed by atoms with Gasteiger partial charge in [0.15, 0.2) is 0 Å². The van der Waals surface area contributed by atoms with E-state index in [0.29, 0.717) is 31.8 Å². The van der Waals surface area contributed by atoms with Gasteiger partial charge in [0, 0.05) is 51.0 Å². The Hall–Kier alpha value is -3.36. The van der Waals surface area contributed by atoms with E-state index in [9.17, 15) is 13.2 Å². The van der Waals surface area contributed by atoms with Gasteiger partial charge in [-0.15, -0.1) is 0 Å². The number of carbonyl (C=O) groups excluding carboxylic acids is 1. The Kier molecular flexibility index (Phi) is 8.19. The predicted octanol–water partition coefficient (Wildman–Crippen LogP) is 4.76. The molecule has 7 nitrogen and oxygen atoms in total. The molecule has 0 saturated carbocycles. The molecule has 2 saturated heterocycles. The fourth-order valence-electron chi connectivity index (χ4n) is 6.14. The van der Waals surface area contributed by atoms with E-state index in [1.807, 2.05) is 17.0 Å². The molecule has 0 aromatic heterocycles. The Morgan fingerprint density at radius 3 is 2.33 bits per heavy atom.